The largest absolute Gasteiger partial charge is 0.493 e. The van der Waals surface area contributed by atoms with E-state index in [1.54, 1.807) is 6.92 Å². The highest BCUT2D eigenvalue weighted by Crippen LogP contribution is 2.19. The first kappa shape index (κ1) is 14.9. The number of aromatic nitrogens is 2. The lowest BCUT2D eigenvalue weighted by atomic mass is 10.2. The summed E-state index contributed by atoms with van der Waals surface area (Å²) in [5, 5.41) is 13.3. The van der Waals surface area contributed by atoms with Gasteiger partial charge in [-0.3, -0.25) is 0 Å². The molecule has 1 heterocycles. The SMILES string of the molecule is CCOC(=O)c1cc(O)n(Cc2c(F)cc(F)cc2F)n1. The number of hydrogen-bond acceptors (Lipinski definition) is 4. The fourth-order valence-electron chi connectivity index (χ4n) is 1.70. The van der Waals surface area contributed by atoms with Gasteiger partial charge in [0, 0.05) is 23.8 Å². The van der Waals surface area contributed by atoms with Crippen molar-refractivity contribution >= 4 is 5.97 Å². The van der Waals surface area contributed by atoms with E-state index in [0.29, 0.717) is 12.1 Å². The van der Waals surface area contributed by atoms with Crippen molar-refractivity contribution in [3.05, 3.63) is 46.9 Å². The third-order valence-corrected chi connectivity index (χ3v) is 2.66. The second kappa shape index (κ2) is 5.86. The molecule has 5 nitrogen and oxygen atoms in total. The normalized spacial score (nSPS) is 10.7. The van der Waals surface area contributed by atoms with E-state index < -0.39 is 41.4 Å². The van der Waals surface area contributed by atoms with Gasteiger partial charge >= 0.3 is 5.97 Å². The summed E-state index contributed by atoms with van der Waals surface area (Å²) in [4.78, 5) is 11.4. The van der Waals surface area contributed by atoms with Gasteiger partial charge in [0.25, 0.3) is 0 Å². The Morgan fingerprint density at radius 2 is 1.90 bits per heavy atom. The zero-order chi connectivity index (χ0) is 15.6. The Labute approximate surface area is 117 Å². The van der Waals surface area contributed by atoms with Crippen molar-refractivity contribution in [1.29, 1.82) is 0 Å². The molecule has 112 valence electrons. The summed E-state index contributed by atoms with van der Waals surface area (Å²) in [6, 6.07) is 2.05. The van der Waals surface area contributed by atoms with Crippen molar-refractivity contribution < 1.29 is 27.8 Å². The minimum Gasteiger partial charge on any atom is -0.493 e. The summed E-state index contributed by atoms with van der Waals surface area (Å²) in [6.45, 7) is 1.22. The number of nitrogens with zero attached hydrogens (tertiary/aromatic N) is 2. The van der Waals surface area contributed by atoms with Crippen LogP contribution in [-0.2, 0) is 11.3 Å². The molecule has 0 aliphatic carbocycles. The summed E-state index contributed by atoms with van der Waals surface area (Å²) >= 11 is 0. The molecule has 0 aliphatic heterocycles. The lowest BCUT2D eigenvalue weighted by Gasteiger charge is -2.06. The molecule has 0 saturated heterocycles. The molecule has 0 radical (unpaired) electrons. The maximum Gasteiger partial charge on any atom is 0.358 e. The van der Waals surface area contributed by atoms with Crippen LogP contribution in [0.15, 0.2) is 18.2 Å². The van der Waals surface area contributed by atoms with Crippen LogP contribution in [0.4, 0.5) is 13.2 Å². The third-order valence-electron chi connectivity index (χ3n) is 2.66. The number of rotatable bonds is 4. The minimum absolute atomic E-state index is 0.119. The van der Waals surface area contributed by atoms with Gasteiger partial charge in [-0.05, 0) is 6.92 Å². The van der Waals surface area contributed by atoms with Crippen molar-refractivity contribution in [2.45, 2.75) is 13.5 Å². The van der Waals surface area contributed by atoms with E-state index in [0.717, 1.165) is 10.7 Å². The topological polar surface area (TPSA) is 64.3 Å². The van der Waals surface area contributed by atoms with Crippen LogP contribution in [0, 0.1) is 17.5 Å². The van der Waals surface area contributed by atoms with E-state index >= 15 is 0 Å². The fraction of sp³-hybridized carbons (Fsp3) is 0.231. The van der Waals surface area contributed by atoms with E-state index in [4.69, 9.17) is 0 Å². The monoisotopic (exact) mass is 300 g/mol. The quantitative estimate of drug-likeness (QED) is 0.879. The Bertz CT molecular complexity index is 662. The Kier molecular flexibility index (Phi) is 4.15. The van der Waals surface area contributed by atoms with Gasteiger partial charge in [-0.25, -0.2) is 22.6 Å². The number of esters is 1. The first-order chi connectivity index (χ1) is 9.92. The summed E-state index contributed by atoms with van der Waals surface area (Å²) in [5.74, 6) is -4.52. The summed E-state index contributed by atoms with van der Waals surface area (Å²) < 4.78 is 45.3. The van der Waals surface area contributed by atoms with Crippen molar-refractivity contribution in [3.63, 3.8) is 0 Å². The number of halogens is 3. The van der Waals surface area contributed by atoms with Gasteiger partial charge in [0.05, 0.1) is 13.2 Å². The van der Waals surface area contributed by atoms with Crippen molar-refractivity contribution in [3.8, 4) is 5.88 Å². The van der Waals surface area contributed by atoms with Crippen LogP contribution in [0.25, 0.3) is 0 Å². The van der Waals surface area contributed by atoms with E-state index in [2.05, 4.69) is 9.84 Å². The van der Waals surface area contributed by atoms with Crippen LogP contribution in [0.1, 0.15) is 23.0 Å². The van der Waals surface area contributed by atoms with Crippen LogP contribution >= 0.6 is 0 Å². The zero-order valence-corrected chi connectivity index (χ0v) is 10.9. The number of aromatic hydroxyl groups is 1. The Morgan fingerprint density at radius 1 is 1.29 bits per heavy atom. The molecule has 0 aliphatic rings. The fourth-order valence-corrected chi connectivity index (χ4v) is 1.70. The highest BCUT2D eigenvalue weighted by atomic mass is 19.1. The average Bonchev–Trinajstić information content (AvgIpc) is 2.75. The van der Waals surface area contributed by atoms with Crippen molar-refractivity contribution in [1.82, 2.24) is 9.78 Å². The molecular formula is C13H11F3N2O3. The van der Waals surface area contributed by atoms with Gasteiger partial charge in [-0.15, -0.1) is 0 Å². The predicted molar refractivity (Wildman–Crippen MR) is 65.3 cm³/mol. The first-order valence-electron chi connectivity index (χ1n) is 5.99. The van der Waals surface area contributed by atoms with Gasteiger partial charge in [-0.2, -0.15) is 5.10 Å². The average molecular weight is 300 g/mol. The maximum absolute atomic E-state index is 13.5. The smallest absolute Gasteiger partial charge is 0.358 e. The molecule has 1 aromatic carbocycles. The zero-order valence-electron chi connectivity index (χ0n) is 10.9. The second-order valence-electron chi connectivity index (χ2n) is 4.11. The molecule has 0 atom stereocenters. The van der Waals surface area contributed by atoms with E-state index in [1.165, 1.54) is 0 Å². The lowest BCUT2D eigenvalue weighted by Crippen LogP contribution is -2.09. The van der Waals surface area contributed by atoms with Crippen LogP contribution in [-0.4, -0.2) is 27.5 Å². The van der Waals surface area contributed by atoms with Crippen molar-refractivity contribution in [2.24, 2.45) is 0 Å². The molecular weight excluding hydrogens is 289 g/mol. The number of carbonyl (C=O) groups excluding carboxylic acids is 1. The van der Waals surface area contributed by atoms with E-state index in [-0.39, 0.29) is 12.3 Å². The summed E-state index contributed by atoms with van der Waals surface area (Å²) in [5.41, 5.74) is -0.678. The number of ether oxygens (including phenoxy) is 1. The second-order valence-corrected chi connectivity index (χ2v) is 4.11. The molecule has 0 amide bonds. The van der Waals surface area contributed by atoms with Crippen LogP contribution in [0.3, 0.4) is 0 Å². The number of hydrogen-bond donors (Lipinski definition) is 1. The molecule has 8 heteroatoms. The summed E-state index contributed by atoms with van der Waals surface area (Å²) in [6.07, 6.45) is 0. The van der Waals surface area contributed by atoms with Crippen LogP contribution in [0.5, 0.6) is 5.88 Å². The first-order valence-corrected chi connectivity index (χ1v) is 5.99. The van der Waals surface area contributed by atoms with Gasteiger partial charge in [-0.1, -0.05) is 0 Å². The Hall–Kier alpha value is -2.51. The van der Waals surface area contributed by atoms with Gasteiger partial charge in [0.15, 0.2) is 5.69 Å². The molecule has 0 unspecified atom stereocenters. The van der Waals surface area contributed by atoms with E-state index in [1.807, 2.05) is 0 Å². The maximum atomic E-state index is 13.5. The number of carbonyl (C=O) groups is 1. The van der Waals surface area contributed by atoms with E-state index in [9.17, 15) is 23.1 Å². The lowest BCUT2D eigenvalue weighted by molar-refractivity contribution is 0.0518. The van der Waals surface area contributed by atoms with Gasteiger partial charge in [0.1, 0.15) is 17.5 Å². The number of benzene rings is 1. The minimum atomic E-state index is -1.11. The van der Waals surface area contributed by atoms with Crippen LogP contribution < -0.4 is 0 Å². The molecule has 0 fully saturated rings. The van der Waals surface area contributed by atoms with Gasteiger partial charge in [0.2, 0.25) is 5.88 Å². The van der Waals surface area contributed by atoms with Gasteiger partial charge < -0.3 is 9.84 Å². The van der Waals surface area contributed by atoms with Crippen LogP contribution in [0.2, 0.25) is 0 Å². The highest BCUT2D eigenvalue weighted by molar-refractivity contribution is 5.87. The predicted octanol–water partition coefficient (Wildman–Crippen LogP) is 2.23. The molecule has 1 N–H and O–H groups in total. The molecule has 21 heavy (non-hydrogen) atoms. The molecule has 2 rings (SSSR count). The van der Waals surface area contributed by atoms with Crippen molar-refractivity contribution in [2.75, 3.05) is 6.61 Å². The molecule has 0 spiro atoms. The standard InChI is InChI=1S/C13H11F3N2O3/c1-2-21-13(20)11-5-12(19)18(17-11)6-8-9(15)3-7(14)4-10(8)16/h3-5,19H,2,6H2,1H3. The molecule has 0 bridgehead atoms. The highest BCUT2D eigenvalue weighted by Gasteiger charge is 2.18. The Morgan fingerprint density at radius 3 is 2.48 bits per heavy atom. The third kappa shape index (κ3) is 3.15. The molecule has 0 saturated carbocycles. The molecule has 2 aromatic rings. The molecule has 1 aromatic heterocycles. The summed E-state index contributed by atoms with van der Waals surface area (Å²) in [7, 11) is 0. The Balaban J connectivity index is 2.30.